The molecule has 6 heteroatoms. The van der Waals surface area contributed by atoms with Gasteiger partial charge in [0.05, 0.1) is 11.1 Å². The van der Waals surface area contributed by atoms with E-state index in [9.17, 15) is 14.4 Å². The van der Waals surface area contributed by atoms with Crippen LogP contribution in [0, 0.1) is 0 Å². The molecule has 6 nitrogen and oxygen atoms in total. The Bertz CT molecular complexity index is 1000. The topological polar surface area (TPSA) is 79.4 Å². The van der Waals surface area contributed by atoms with Crippen molar-refractivity contribution in [2.75, 3.05) is 5.32 Å². The van der Waals surface area contributed by atoms with Gasteiger partial charge in [-0.05, 0) is 29.8 Å². The molecule has 0 unspecified atom stereocenters. The molecule has 1 atom stereocenters. The lowest BCUT2D eigenvalue weighted by Gasteiger charge is -2.25. The quantitative estimate of drug-likeness (QED) is 0.700. The number of amides is 3. The highest BCUT2D eigenvalue weighted by Gasteiger charge is 2.42. The molecule has 2 aromatic carbocycles. The lowest BCUT2D eigenvalue weighted by Crippen LogP contribution is -2.48. The molecule has 2 heterocycles. The summed E-state index contributed by atoms with van der Waals surface area (Å²) < 4.78 is 0. The Morgan fingerprint density at radius 3 is 2.04 bits per heavy atom. The highest BCUT2D eigenvalue weighted by atomic mass is 16.2. The number of carbonyl (C=O) groups is 3. The van der Waals surface area contributed by atoms with Crippen LogP contribution in [0.5, 0.6) is 0 Å². The van der Waals surface area contributed by atoms with Gasteiger partial charge in [0.2, 0.25) is 5.91 Å². The number of nitrogens with one attached hydrogen (secondary N) is 1. The number of carbonyl (C=O) groups excluding carboxylic acids is 3. The van der Waals surface area contributed by atoms with E-state index in [0.29, 0.717) is 16.8 Å². The number of imide groups is 1. The van der Waals surface area contributed by atoms with Gasteiger partial charge in [0.15, 0.2) is 0 Å². The zero-order valence-corrected chi connectivity index (χ0v) is 14.9. The molecule has 0 saturated carbocycles. The first kappa shape index (κ1) is 17.6. The van der Waals surface area contributed by atoms with E-state index >= 15 is 0 Å². The molecule has 1 N–H and O–H groups in total. The Kier molecular flexibility index (Phi) is 4.68. The summed E-state index contributed by atoms with van der Waals surface area (Å²) in [6, 6.07) is 18.3. The van der Waals surface area contributed by atoms with Crippen molar-refractivity contribution < 1.29 is 14.4 Å². The average Bonchev–Trinajstić information content (AvgIpc) is 2.98. The maximum absolute atomic E-state index is 13.1. The van der Waals surface area contributed by atoms with Crippen LogP contribution >= 0.6 is 0 Å². The number of anilines is 1. The van der Waals surface area contributed by atoms with Crippen molar-refractivity contribution in [3.8, 4) is 0 Å². The third kappa shape index (κ3) is 3.27. The Hall–Kier alpha value is -3.80. The van der Waals surface area contributed by atoms with E-state index < -0.39 is 23.8 Å². The fraction of sp³-hybridized carbons (Fsp3) is 0.0909. The van der Waals surface area contributed by atoms with Crippen molar-refractivity contribution >= 4 is 23.4 Å². The maximum atomic E-state index is 13.1. The molecule has 28 heavy (non-hydrogen) atoms. The van der Waals surface area contributed by atoms with Crippen LogP contribution in [-0.4, -0.2) is 33.6 Å². The van der Waals surface area contributed by atoms with Gasteiger partial charge in [-0.2, -0.15) is 0 Å². The van der Waals surface area contributed by atoms with E-state index in [4.69, 9.17) is 0 Å². The van der Waals surface area contributed by atoms with E-state index in [0.717, 1.165) is 10.5 Å². The van der Waals surface area contributed by atoms with Gasteiger partial charge in [0.25, 0.3) is 11.8 Å². The molecular weight excluding hydrogens is 354 g/mol. The number of pyridine rings is 1. The number of rotatable bonds is 5. The van der Waals surface area contributed by atoms with E-state index in [2.05, 4.69) is 10.3 Å². The summed E-state index contributed by atoms with van der Waals surface area (Å²) in [7, 11) is 0. The average molecular weight is 371 g/mol. The summed E-state index contributed by atoms with van der Waals surface area (Å²) in [6.45, 7) is 0. The monoisotopic (exact) mass is 371 g/mol. The molecule has 0 bridgehead atoms. The lowest BCUT2D eigenvalue weighted by atomic mass is 10.0. The van der Waals surface area contributed by atoms with E-state index in [1.165, 1.54) is 0 Å². The summed E-state index contributed by atoms with van der Waals surface area (Å²) in [4.78, 5) is 43.9. The zero-order valence-electron chi connectivity index (χ0n) is 14.9. The van der Waals surface area contributed by atoms with Gasteiger partial charge in [-0.1, -0.05) is 42.5 Å². The highest BCUT2D eigenvalue weighted by molar-refractivity contribution is 6.23. The smallest absolute Gasteiger partial charge is 0.262 e. The molecule has 3 aromatic rings. The molecule has 0 fully saturated rings. The van der Waals surface area contributed by atoms with Crippen molar-refractivity contribution in [3.63, 3.8) is 0 Å². The number of fused-ring (bicyclic) bond motifs is 1. The van der Waals surface area contributed by atoms with Gasteiger partial charge in [0.1, 0.15) is 6.04 Å². The van der Waals surface area contributed by atoms with Crippen LogP contribution < -0.4 is 5.32 Å². The van der Waals surface area contributed by atoms with Crippen molar-refractivity contribution in [2.45, 2.75) is 12.5 Å². The SMILES string of the molecule is O=C(Nc1ccncc1)[C@H](Cc1ccccc1)N1C(=O)c2ccccc2C1=O. The zero-order chi connectivity index (χ0) is 19.5. The van der Waals surface area contributed by atoms with Crippen LogP contribution in [-0.2, 0) is 11.2 Å². The Labute approximate surface area is 161 Å². The molecular formula is C22H17N3O3. The third-order valence-electron chi connectivity index (χ3n) is 4.66. The van der Waals surface area contributed by atoms with Crippen molar-refractivity contribution in [2.24, 2.45) is 0 Å². The molecule has 0 aliphatic carbocycles. The first-order chi connectivity index (χ1) is 13.6. The van der Waals surface area contributed by atoms with Gasteiger partial charge in [-0.3, -0.25) is 24.3 Å². The molecule has 0 radical (unpaired) electrons. The highest BCUT2D eigenvalue weighted by Crippen LogP contribution is 2.26. The van der Waals surface area contributed by atoms with Crippen molar-refractivity contribution in [1.82, 2.24) is 9.88 Å². The Balaban J connectivity index is 1.68. The second kappa shape index (κ2) is 7.44. The number of nitrogens with zero attached hydrogens (tertiary/aromatic N) is 2. The van der Waals surface area contributed by atoms with Crippen LogP contribution in [0.15, 0.2) is 79.1 Å². The second-order valence-electron chi connectivity index (χ2n) is 6.46. The van der Waals surface area contributed by atoms with Crippen LogP contribution in [0.1, 0.15) is 26.3 Å². The molecule has 138 valence electrons. The van der Waals surface area contributed by atoms with E-state index in [1.54, 1.807) is 48.8 Å². The summed E-state index contributed by atoms with van der Waals surface area (Å²) in [6.07, 6.45) is 3.34. The number of hydrogen-bond donors (Lipinski definition) is 1. The van der Waals surface area contributed by atoms with Gasteiger partial charge < -0.3 is 5.32 Å². The van der Waals surface area contributed by atoms with Crippen LogP contribution in [0.4, 0.5) is 5.69 Å². The molecule has 0 saturated heterocycles. The molecule has 1 aliphatic rings. The first-order valence-electron chi connectivity index (χ1n) is 8.87. The predicted molar refractivity (Wildman–Crippen MR) is 104 cm³/mol. The molecule has 1 aliphatic heterocycles. The number of aromatic nitrogens is 1. The van der Waals surface area contributed by atoms with Gasteiger partial charge in [-0.25, -0.2) is 0 Å². The van der Waals surface area contributed by atoms with Crippen molar-refractivity contribution in [1.29, 1.82) is 0 Å². The number of hydrogen-bond acceptors (Lipinski definition) is 4. The lowest BCUT2D eigenvalue weighted by molar-refractivity contribution is -0.119. The minimum atomic E-state index is -0.969. The fourth-order valence-electron chi connectivity index (χ4n) is 3.29. The summed E-state index contributed by atoms with van der Waals surface area (Å²) in [5, 5.41) is 2.78. The molecule has 4 rings (SSSR count). The van der Waals surface area contributed by atoms with Crippen LogP contribution in [0.2, 0.25) is 0 Å². The molecule has 1 aromatic heterocycles. The van der Waals surface area contributed by atoms with E-state index in [-0.39, 0.29) is 6.42 Å². The second-order valence-corrected chi connectivity index (χ2v) is 6.46. The van der Waals surface area contributed by atoms with Crippen molar-refractivity contribution in [3.05, 3.63) is 95.8 Å². The predicted octanol–water partition coefficient (Wildman–Crippen LogP) is 2.93. The molecule has 0 spiro atoms. The largest absolute Gasteiger partial charge is 0.324 e. The Morgan fingerprint density at radius 1 is 0.857 bits per heavy atom. The maximum Gasteiger partial charge on any atom is 0.262 e. The summed E-state index contributed by atoms with van der Waals surface area (Å²) >= 11 is 0. The Morgan fingerprint density at radius 2 is 1.43 bits per heavy atom. The van der Waals surface area contributed by atoms with Crippen LogP contribution in [0.3, 0.4) is 0 Å². The number of benzene rings is 2. The minimum absolute atomic E-state index is 0.225. The minimum Gasteiger partial charge on any atom is -0.324 e. The fourth-order valence-corrected chi connectivity index (χ4v) is 3.29. The standard InChI is InChI=1S/C22H17N3O3/c26-20(24-16-10-12-23-13-11-16)19(14-15-6-2-1-3-7-15)25-21(27)17-8-4-5-9-18(17)22(25)28/h1-13,19H,14H2,(H,23,24,26)/t19-/m0/s1. The summed E-state index contributed by atoms with van der Waals surface area (Å²) in [5.74, 6) is -1.33. The third-order valence-corrected chi connectivity index (χ3v) is 4.66. The first-order valence-corrected chi connectivity index (χ1v) is 8.87. The summed E-state index contributed by atoms with van der Waals surface area (Å²) in [5.41, 5.74) is 2.05. The van der Waals surface area contributed by atoms with Crippen LogP contribution in [0.25, 0.3) is 0 Å². The molecule has 3 amide bonds. The van der Waals surface area contributed by atoms with E-state index in [1.807, 2.05) is 30.3 Å². The van der Waals surface area contributed by atoms with Gasteiger partial charge in [-0.15, -0.1) is 0 Å². The van der Waals surface area contributed by atoms with Gasteiger partial charge >= 0.3 is 0 Å². The normalized spacial score (nSPS) is 13.9. The van der Waals surface area contributed by atoms with Gasteiger partial charge in [0, 0.05) is 24.5 Å².